The van der Waals surface area contributed by atoms with Crippen LogP contribution in [0.1, 0.15) is 35.1 Å². The number of hydrogen-bond acceptors (Lipinski definition) is 1. The average Bonchev–Trinajstić information content (AvgIpc) is 3.02. The maximum atomic E-state index is 13.0. The zero-order chi connectivity index (χ0) is 16.9. The fourth-order valence-corrected chi connectivity index (χ4v) is 4.22. The summed E-state index contributed by atoms with van der Waals surface area (Å²) in [6.07, 6.45) is 0.686. The molecule has 0 fully saturated rings. The summed E-state index contributed by atoms with van der Waals surface area (Å²) in [6, 6.07) is 12.2. The third kappa shape index (κ3) is 2.65. The quantitative estimate of drug-likeness (QED) is 0.561. The van der Waals surface area contributed by atoms with Crippen molar-refractivity contribution in [3.05, 3.63) is 75.8 Å². The Labute approximate surface area is 146 Å². The van der Waals surface area contributed by atoms with Gasteiger partial charge in [-0.25, -0.2) is 0 Å². The number of benzene rings is 2. The fraction of sp³-hybridized carbons (Fsp3) is 0.263. The highest BCUT2D eigenvalue weighted by Crippen LogP contribution is 2.50. The van der Waals surface area contributed by atoms with Crippen molar-refractivity contribution in [1.82, 2.24) is 0 Å². The summed E-state index contributed by atoms with van der Waals surface area (Å²) in [5.41, 5.74) is 2.10. The molecule has 3 atom stereocenters. The van der Waals surface area contributed by atoms with Gasteiger partial charge < -0.3 is 5.32 Å². The van der Waals surface area contributed by atoms with Crippen LogP contribution in [0.2, 0.25) is 0 Å². The number of anilines is 1. The van der Waals surface area contributed by atoms with Gasteiger partial charge in [0.1, 0.15) is 0 Å². The van der Waals surface area contributed by atoms with Crippen LogP contribution in [-0.4, -0.2) is 0 Å². The minimum atomic E-state index is -4.31. The zero-order valence-corrected chi connectivity index (χ0v) is 14.2. The maximum Gasteiger partial charge on any atom is 0.416 e. The molecular formula is C19H15BrF3N. The molecule has 0 spiro atoms. The molecule has 2 aliphatic rings. The van der Waals surface area contributed by atoms with Gasteiger partial charge in [-0.1, -0.05) is 40.2 Å². The molecule has 24 heavy (non-hydrogen) atoms. The highest BCUT2D eigenvalue weighted by atomic mass is 79.9. The molecule has 1 aliphatic heterocycles. The first-order chi connectivity index (χ1) is 11.4. The molecule has 1 heterocycles. The van der Waals surface area contributed by atoms with E-state index in [0.717, 1.165) is 33.8 Å². The van der Waals surface area contributed by atoms with Crippen molar-refractivity contribution in [2.75, 3.05) is 5.32 Å². The summed E-state index contributed by atoms with van der Waals surface area (Å²) >= 11 is 3.50. The van der Waals surface area contributed by atoms with E-state index in [1.807, 2.05) is 12.1 Å². The van der Waals surface area contributed by atoms with E-state index in [2.05, 4.69) is 45.5 Å². The lowest BCUT2D eigenvalue weighted by molar-refractivity contribution is -0.137. The number of hydrogen-bond donors (Lipinski definition) is 1. The van der Waals surface area contributed by atoms with E-state index in [-0.39, 0.29) is 17.9 Å². The van der Waals surface area contributed by atoms with Gasteiger partial charge in [-0.15, -0.1) is 0 Å². The Morgan fingerprint density at radius 2 is 1.92 bits per heavy atom. The van der Waals surface area contributed by atoms with E-state index in [1.54, 1.807) is 6.07 Å². The van der Waals surface area contributed by atoms with Gasteiger partial charge in [0.05, 0.1) is 11.6 Å². The third-order valence-corrected chi connectivity index (χ3v) is 5.39. The zero-order valence-electron chi connectivity index (χ0n) is 12.6. The Morgan fingerprint density at radius 1 is 1.08 bits per heavy atom. The maximum absolute atomic E-state index is 13.0. The molecule has 2 aromatic carbocycles. The fourth-order valence-electron chi connectivity index (χ4n) is 3.80. The number of fused-ring (bicyclic) bond motifs is 3. The van der Waals surface area contributed by atoms with Gasteiger partial charge in [0.25, 0.3) is 0 Å². The molecule has 0 saturated carbocycles. The second-order valence-electron chi connectivity index (χ2n) is 6.33. The second-order valence-corrected chi connectivity index (χ2v) is 7.25. The topological polar surface area (TPSA) is 12.0 Å². The van der Waals surface area contributed by atoms with Crippen LogP contribution in [0, 0.1) is 5.92 Å². The predicted molar refractivity (Wildman–Crippen MR) is 91.9 cm³/mol. The summed E-state index contributed by atoms with van der Waals surface area (Å²) in [5.74, 6) is 0.253. The number of halogens is 4. The van der Waals surface area contributed by atoms with Crippen molar-refractivity contribution in [1.29, 1.82) is 0 Å². The Bertz CT molecular complexity index is 812. The summed E-state index contributed by atoms with van der Waals surface area (Å²) in [5, 5.41) is 3.46. The van der Waals surface area contributed by atoms with E-state index in [4.69, 9.17) is 0 Å². The van der Waals surface area contributed by atoms with Crippen molar-refractivity contribution >= 4 is 21.6 Å². The minimum absolute atomic E-state index is 0.0209. The first kappa shape index (κ1) is 15.8. The van der Waals surface area contributed by atoms with Gasteiger partial charge in [0, 0.05) is 16.1 Å². The summed E-state index contributed by atoms with van der Waals surface area (Å²) < 4.78 is 40.1. The molecule has 124 valence electrons. The smallest absolute Gasteiger partial charge is 0.378 e. The van der Waals surface area contributed by atoms with Gasteiger partial charge in [-0.2, -0.15) is 13.2 Å². The van der Waals surface area contributed by atoms with Crippen LogP contribution in [0.4, 0.5) is 18.9 Å². The Kier molecular flexibility index (Phi) is 3.71. The molecule has 0 bridgehead atoms. The van der Waals surface area contributed by atoms with Crippen LogP contribution in [0.15, 0.2) is 59.1 Å². The van der Waals surface area contributed by atoms with Crippen molar-refractivity contribution in [2.24, 2.45) is 5.92 Å². The van der Waals surface area contributed by atoms with Gasteiger partial charge in [-0.3, -0.25) is 0 Å². The highest BCUT2D eigenvalue weighted by Gasteiger charge is 2.39. The van der Waals surface area contributed by atoms with Gasteiger partial charge >= 0.3 is 6.18 Å². The Balaban J connectivity index is 1.78. The van der Waals surface area contributed by atoms with Crippen LogP contribution in [0.25, 0.3) is 0 Å². The lowest BCUT2D eigenvalue weighted by Gasteiger charge is -2.38. The molecule has 1 nitrogen and oxygen atoms in total. The SMILES string of the molecule is FC(F)(F)c1ccc2c(c1)[C@@H]1C=CC[C@H]1[C@@H](c1cccc(Br)c1)N2. The van der Waals surface area contributed by atoms with Crippen molar-refractivity contribution < 1.29 is 13.2 Å². The van der Waals surface area contributed by atoms with E-state index in [9.17, 15) is 13.2 Å². The minimum Gasteiger partial charge on any atom is -0.378 e. The Hall–Kier alpha value is -1.75. The molecule has 0 radical (unpaired) electrons. The normalized spacial score (nSPS) is 25.1. The summed E-state index contributed by atoms with van der Waals surface area (Å²) in [4.78, 5) is 0. The molecule has 0 amide bonds. The van der Waals surface area contributed by atoms with Crippen LogP contribution < -0.4 is 5.32 Å². The number of allylic oxidation sites excluding steroid dienone is 2. The van der Waals surface area contributed by atoms with E-state index in [0.29, 0.717) is 0 Å². The first-order valence-electron chi connectivity index (χ1n) is 7.83. The molecule has 0 saturated heterocycles. The number of rotatable bonds is 1. The summed E-state index contributed by atoms with van der Waals surface area (Å²) in [6.45, 7) is 0. The molecule has 1 aliphatic carbocycles. The third-order valence-electron chi connectivity index (χ3n) is 4.90. The van der Waals surface area contributed by atoms with Gasteiger partial charge in [0.2, 0.25) is 0 Å². The summed E-state index contributed by atoms with van der Waals surface area (Å²) in [7, 11) is 0. The molecule has 4 rings (SSSR count). The molecular weight excluding hydrogens is 379 g/mol. The number of alkyl halides is 3. The van der Waals surface area contributed by atoms with Crippen molar-refractivity contribution in [2.45, 2.75) is 24.6 Å². The van der Waals surface area contributed by atoms with E-state index >= 15 is 0 Å². The molecule has 2 aromatic rings. The lowest BCUT2D eigenvalue weighted by atomic mass is 9.76. The molecule has 0 aromatic heterocycles. The largest absolute Gasteiger partial charge is 0.416 e. The van der Waals surface area contributed by atoms with Crippen LogP contribution in [0.3, 0.4) is 0 Å². The molecule has 0 unspecified atom stereocenters. The van der Waals surface area contributed by atoms with E-state index < -0.39 is 11.7 Å². The lowest BCUT2D eigenvalue weighted by Crippen LogP contribution is -2.29. The molecule has 5 heteroatoms. The van der Waals surface area contributed by atoms with Crippen LogP contribution in [-0.2, 0) is 6.18 Å². The highest BCUT2D eigenvalue weighted by molar-refractivity contribution is 9.10. The predicted octanol–water partition coefficient (Wildman–Crippen LogP) is 6.29. The van der Waals surface area contributed by atoms with Crippen LogP contribution in [0.5, 0.6) is 0 Å². The Morgan fingerprint density at radius 3 is 2.67 bits per heavy atom. The number of nitrogens with one attached hydrogen (secondary N) is 1. The van der Waals surface area contributed by atoms with Crippen molar-refractivity contribution in [3.63, 3.8) is 0 Å². The first-order valence-corrected chi connectivity index (χ1v) is 8.62. The standard InChI is InChI=1S/C19H15BrF3N/c20-13-4-1-3-11(9-13)18-15-6-2-5-14(15)16-10-12(19(21,22)23)7-8-17(16)24-18/h1-5,7-10,14-15,18,24H,6H2/t14-,15-,18-/m1/s1. The van der Waals surface area contributed by atoms with E-state index in [1.165, 1.54) is 6.07 Å². The van der Waals surface area contributed by atoms with Crippen molar-refractivity contribution in [3.8, 4) is 0 Å². The van der Waals surface area contributed by atoms with Gasteiger partial charge in [0.15, 0.2) is 0 Å². The average molecular weight is 394 g/mol. The monoisotopic (exact) mass is 393 g/mol. The second kappa shape index (κ2) is 5.66. The van der Waals surface area contributed by atoms with Gasteiger partial charge in [-0.05, 0) is 53.8 Å². The van der Waals surface area contributed by atoms with Crippen LogP contribution >= 0.6 is 15.9 Å². The molecule has 1 N–H and O–H groups in total.